The van der Waals surface area contributed by atoms with E-state index in [-0.39, 0.29) is 12.7 Å². The molecular weight excluding hydrogens is 188 g/mol. The summed E-state index contributed by atoms with van der Waals surface area (Å²) in [4.78, 5) is 0. The molecule has 2 N–H and O–H groups in total. The van der Waals surface area contributed by atoms with Gasteiger partial charge in [0.1, 0.15) is 0 Å². The molecule has 1 atom stereocenters. The van der Waals surface area contributed by atoms with Gasteiger partial charge in [-0.2, -0.15) is 0 Å². The van der Waals surface area contributed by atoms with E-state index < -0.39 is 0 Å². The van der Waals surface area contributed by atoms with E-state index in [0.29, 0.717) is 6.42 Å². The number of hydrogen-bond acceptors (Lipinski definition) is 2. The fourth-order valence-electron chi connectivity index (χ4n) is 1.51. The molecule has 0 radical (unpaired) electrons. The summed E-state index contributed by atoms with van der Waals surface area (Å²) < 4.78 is 0. The first-order valence-corrected chi connectivity index (χ1v) is 6.25. The lowest BCUT2D eigenvalue weighted by atomic mass is 10.1. The molecule has 0 bridgehead atoms. The molecule has 0 aromatic heterocycles. The molecule has 0 fully saturated rings. The molecule has 0 spiro atoms. The number of allylic oxidation sites excluding steroid dienone is 2. The summed E-state index contributed by atoms with van der Waals surface area (Å²) >= 11 is 0. The van der Waals surface area contributed by atoms with Gasteiger partial charge in [0.15, 0.2) is 0 Å². The van der Waals surface area contributed by atoms with E-state index in [1.54, 1.807) is 0 Å². The Labute approximate surface area is 94.0 Å². The zero-order chi connectivity index (χ0) is 11.4. The van der Waals surface area contributed by atoms with Crippen LogP contribution in [0.15, 0.2) is 12.2 Å². The van der Waals surface area contributed by atoms with Crippen LogP contribution in [0.4, 0.5) is 0 Å². The largest absolute Gasteiger partial charge is 0.396 e. The average Bonchev–Trinajstić information content (AvgIpc) is 2.22. The molecule has 0 aromatic rings. The van der Waals surface area contributed by atoms with Crippen LogP contribution in [-0.4, -0.2) is 22.9 Å². The van der Waals surface area contributed by atoms with Gasteiger partial charge < -0.3 is 10.2 Å². The van der Waals surface area contributed by atoms with Crippen molar-refractivity contribution in [3.63, 3.8) is 0 Å². The standard InChI is InChI=1S/C13H26O2/c1-2-3-4-5-6-7-8-9-10-13(15)11-12-14/h7-8,13-15H,2-6,9-12H2,1H3. The van der Waals surface area contributed by atoms with Gasteiger partial charge in [-0.25, -0.2) is 0 Å². The molecule has 0 aliphatic carbocycles. The fourth-order valence-corrected chi connectivity index (χ4v) is 1.51. The third-order valence-electron chi connectivity index (χ3n) is 2.52. The molecule has 0 heterocycles. The minimum absolute atomic E-state index is 0.0852. The minimum atomic E-state index is -0.334. The number of aliphatic hydroxyl groups is 2. The van der Waals surface area contributed by atoms with Gasteiger partial charge in [-0.1, -0.05) is 38.3 Å². The average molecular weight is 214 g/mol. The number of aliphatic hydroxyl groups excluding tert-OH is 2. The smallest absolute Gasteiger partial charge is 0.0565 e. The third kappa shape index (κ3) is 11.6. The highest BCUT2D eigenvalue weighted by atomic mass is 16.3. The fraction of sp³-hybridized carbons (Fsp3) is 0.846. The van der Waals surface area contributed by atoms with E-state index in [2.05, 4.69) is 19.1 Å². The predicted molar refractivity (Wildman–Crippen MR) is 64.8 cm³/mol. The lowest BCUT2D eigenvalue weighted by Crippen LogP contribution is -2.07. The van der Waals surface area contributed by atoms with Crippen molar-refractivity contribution in [2.75, 3.05) is 6.61 Å². The van der Waals surface area contributed by atoms with Crippen LogP contribution in [0.25, 0.3) is 0 Å². The molecular formula is C13H26O2. The summed E-state index contributed by atoms with van der Waals surface area (Å²) in [6, 6.07) is 0. The Hall–Kier alpha value is -0.340. The predicted octanol–water partition coefficient (Wildman–Crippen LogP) is 3.04. The number of rotatable bonds is 10. The van der Waals surface area contributed by atoms with Crippen LogP contribution >= 0.6 is 0 Å². The first kappa shape index (κ1) is 14.7. The highest BCUT2D eigenvalue weighted by molar-refractivity contribution is 4.82. The van der Waals surface area contributed by atoms with Crippen LogP contribution in [-0.2, 0) is 0 Å². The molecule has 15 heavy (non-hydrogen) atoms. The molecule has 0 saturated heterocycles. The van der Waals surface area contributed by atoms with Crippen molar-refractivity contribution in [3.8, 4) is 0 Å². The van der Waals surface area contributed by atoms with E-state index in [0.717, 1.165) is 19.3 Å². The number of unbranched alkanes of at least 4 members (excludes halogenated alkanes) is 4. The van der Waals surface area contributed by atoms with Crippen LogP contribution in [0.2, 0.25) is 0 Å². The maximum absolute atomic E-state index is 9.33. The Bertz CT molecular complexity index is 143. The van der Waals surface area contributed by atoms with Gasteiger partial charge in [-0.05, 0) is 32.1 Å². The van der Waals surface area contributed by atoms with Crippen LogP contribution in [0.1, 0.15) is 58.3 Å². The lowest BCUT2D eigenvalue weighted by Gasteiger charge is -2.05. The Morgan fingerprint density at radius 1 is 1.00 bits per heavy atom. The van der Waals surface area contributed by atoms with Gasteiger partial charge >= 0.3 is 0 Å². The third-order valence-corrected chi connectivity index (χ3v) is 2.52. The van der Waals surface area contributed by atoms with E-state index in [1.165, 1.54) is 25.7 Å². The van der Waals surface area contributed by atoms with Crippen molar-refractivity contribution >= 4 is 0 Å². The topological polar surface area (TPSA) is 40.5 Å². The molecule has 2 heteroatoms. The molecule has 0 saturated carbocycles. The van der Waals surface area contributed by atoms with Gasteiger partial charge in [0.05, 0.1) is 6.10 Å². The summed E-state index contributed by atoms with van der Waals surface area (Å²) in [5.74, 6) is 0. The molecule has 0 amide bonds. The van der Waals surface area contributed by atoms with Crippen molar-refractivity contribution in [2.45, 2.75) is 64.4 Å². The van der Waals surface area contributed by atoms with Crippen molar-refractivity contribution in [2.24, 2.45) is 0 Å². The summed E-state index contributed by atoms with van der Waals surface area (Å²) in [5, 5.41) is 17.9. The molecule has 0 aromatic carbocycles. The second-order valence-corrected chi connectivity index (χ2v) is 4.06. The molecule has 0 aliphatic rings. The zero-order valence-corrected chi connectivity index (χ0v) is 9.99. The van der Waals surface area contributed by atoms with Crippen molar-refractivity contribution < 1.29 is 10.2 Å². The highest BCUT2D eigenvalue weighted by Gasteiger charge is 1.99. The second kappa shape index (κ2) is 11.7. The zero-order valence-electron chi connectivity index (χ0n) is 9.99. The van der Waals surface area contributed by atoms with E-state index in [9.17, 15) is 5.11 Å². The minimum Gasteiger partial charge on any atom is -0.396 e. The van der Waals surface area contributed by atoms with Gasteiger partial charge in [0.2, 0.25) is 0 Å². The second-order valence-electron chi connectivity index (χ2n) is 4.06. The maximum atomic E-state index is 9.33. The highest BCUT2D eigenvalue weighted by Crippen LogP contribution is 2.05. The first-order valence-electron chi connectivity index (χ1n) is 6.25. The van der Waals surface area contributed by atoms with Crippen LogP contribution in [0.5, 0.6) is 0 Å². The van der Waals surface area contributed by atoms with Crippen molar-refractivity contribution in [1.29, 1.82) is 0 Å². The van der Waals surface area contributed by atoms with E-state index in [1.807, 2.05) is 0 Å². The van der Waals surface area contributed by atoms with Crippen molar-refractivity contribution in [3.05, 3.63) is 12.2 Å². The first-order chi connectivity index (χ1) is 7.31. The van der Waals surface area contributed by atoms with E-state index in [4.69, 9.17) is 5.11 Å². The summed E-state index contributed by atoms with van der Waals surface area (Å²) in [7, 11) is 0. The summed E-state index contributed by atoms with van der Waals surface area (Å²) in [6.07, 6.45) is 12.6. The number of hydrogen-bond donors (Lipinski definition) is 2. The van der Waals surface area contributed by atoms with Crippen LogP contribution in [0, 0.1) is 0 Å². The molecule has 0 aliphatic heterocycles. The SMILES string of the molecule is CCCCCCC=CCCC(O)CCO. The molecule has 0 rings (SSSR count). The molecule has 2 nitrogen and oxygen atoms in total. The van der Waals surface area contributed by atoms with Crippen LogP contribution < -0.4 is 0 Å². The maximum Gasteiger partial charge on any atom is 0.0565 e. The van der Waals surface area contributed by atoms with Gasteiger partial charge in [0, 0.05) is 6.61 Å². The lowest BCUT2D eigenvalue weighted by molar-refractivity contribution is 0.126. The Morgan fingerprint density at radius 3 is 2.40 bits per heavy atom. The monoisotopic (exact) mass is 214 g/mol. The van der Waals surface area contributed by atoms with Gasteiger partial charge in [-0.3, -0.25) is 0 Å². The Balaban J connectivity index is 3.16. The summed E-state index contributed by atoms with van der Waals surface area (Å²) in [5.41, 5.74) is 0. The van der Waals surface area contributed by atoms with Crippen LogP contribution in [0.3, 0.4) is 0 Å². The quantitative estimate of drug-likeness (QED) is 0.433. The summed E-state index contributed by atoms with van der Waals surface area (Å²) in [6.45, 7) is 2.31. The van der Waals surface area contributed by atoms with Gasteiger partial charge in [0.25, 0.3) is 0 Å². The van der Waals surface area contributed by atoms with Crippen molar-refractivity contribution in [1.82, 2.24) is 0 Å². The normalized spacial score (nSPS) is 13.5. The Kier molecular flexibility index (Phi) is 11.5. The molecule has 1 unspecified atom stereocenters. The Morgan fingerprint density at radius 2 is 1.73 bits per heavy atom. The van der Waals surface area contributed by atoms with E-state index >= 15 is 0 Å². The molecule has 90 valence electrons. The van der Waals surface area contributed by atoms with Gasteiger partial charge in [-0.15, -0.1) is 0 Å².